The molecule has 1 heterocycles. The van der Waals surface area contributed by atoms with Crippen LogP contribution in [0, 0.1) is 6.92 Å². The molecule has 0 unspecified atom stereocenters. The number of ether oxygens (including phenoxy) is 1. The van der Waals surface area contributed by atoms with Crippen LogP contribution in [0.1, 0.15) is 5.01 Å². The average Bonchev–Trinajstić information content (AvgIpc) is 2.64. The van der Waals surface area contributed by atoms with E-state index in [2.05, 4.69) is 48.9 Å². The van der Waals surface area contributed by atoms with Crippen LogP contribution in [0.5, 0.6) is 5.75 Å². The van der Waals surface area contributed by atoms with E-state index in [1.807, 2.05) is 0 Å². The molecule has 0 saturated carbocycles. The highest BCUT2D eigenvalue weighted by atomic mass is 32.1. The fourth-order valence-corrected chi connectivity index (χ4v) is 3.34. The summed E-state index contributed by atoms with van der Waals surface area (Å²) < 4.78 is 9.01. The van der Waals surface area contributed by atoms with Crippen LogP contribution in [0.15, 0.2) is 30.3 Å². The maximum absolute atomic E-state index is 5.48. The molecule has 3 rings (SSSR count). The van der Waals surface area contributed by atoms with Crippen LogP contribution in [0.4, 0.5) is 0 Å². The van der Waals surface area contributed by atoms with Crippen molar-refractivity contribution in [1.82, 2.24) is 0 Å². The number of methoxy groups -OCH3 is 1. The number of fused-ring (bicyclic) bond motifs is 3. The largest absolute Gasteiger partial charge is 0.496 e. The molecule has 1 aromatic heterocycles. The molecule has 0 spiro atoms. The highest BCUT2D eigenvalue weighted by Gasteiger charge is 2.18. The fraction of sp³-hybridized carbons (Fsp3) is 0.214. The van der Waals surface area contributed by atoms with Gasteiger partial charge in [0.15, 0.2) is 0 Å². The molecule has 0 N–H and O–H groups in total. The summed E-state index contributed by atoms with van der Waals surface area (Å²) >= 11 is 1.81. The molecule has 2 aromatic carbocycles. The highest BCUT2D eigenvalue weighted by Crippen LogP contribution is 2.34. The third-order valence-corrected chi connectivity index (χ3v) is 4.33. The zero-order valence-electron chi connectivity index (χ0n) is 10.2. The first-order valence-electron chi connectivity index (χ1n) is 5.57. The van der Waals surface area contributed by atoms with Gasteiger partial charge in [0, 0.05) is 18.4 Å². The number of aromatic nitrogens is 1. The van der Waals surface area contributed by atoms with Gasteiger partial charge in [-0.25, -0.2) is 0 Å². The minimum Gasteiger partial charge on any atom is -0.496 e. The van der Waals surface area contributed by atoms with Crippen LogP contribution in [0.25, 0.3) is 21.0 Å². The molecule has 0 aliphatic heterocycles. The van der Waals surface area contributed by atoms with Gasteiger partial charge in [0.05, 0.1) is 12.5 Å². The van der Waals surface area contributed by atoms with Crippen LogP contribution in [-0.2, 0) is 7.05 Å². The summed E-state index contributed by atoms with van der Waals surface area (Å²) in [6, 6.07) is 10.5. The van der Waals surface area contributed by atoms with Crippen LogP contribution in [0.3, 0.4) is 0 Å². The van der Waals surface area contributed by atoms with E-state index < -0.39 is 0 Å². The molecule has 0 radical (unpaired) electrons. The maximum Gasteiger partial charge on any atom is 0.234 e. The lowest BCUT2D eigenvalue weighted by Gasteiger charge is -2.04. The van der Waals surface area contributed by atoms with Gasteiger partial charge in [0.25, 0.3) is 0 Å². The van der Waals surface area contributed by atoms with E-state index in [0.29, 0.717) is 0 Å². The minimum atomic E-state index is 0.954. The van der Waals surface area contributed by atoms with Crippen molar-refractivity contribution in [1.29, 1.82) is 0 Å². The number of rotatable bonds is 1. The monoisotopic (exact) mass is 244 g/mol. The molecule has 0 bridgehead atoms. The van der Waals surface area contributed by atoms with Crippen LogP contribution < -0.4 is 9.30 Å². The van der Waals surface area contributed by atoms with Gasteiger partial charge in [-0.05, 0) is 6.07 Å². The minimum absolute atomic E-state index is 0.954. The number of nitrogens with zero attached hydrogens (tertiary/aromatic N) is 1. The van der Waals surface area contributed by atoms with Crippen LogP contribution in [-0.4, -0.2) is 7.11 Å². The van der Waals surface area contributed by atoms with Crippen LogP contribution in [0.2, 0.25) is 0 Å². The van der Waals surface area contributed by atoms with Gasteiger partial charge in [0.2, 0.25) is 10.5 Å². The Labute approximate surface area is 104 Å². The molecular weight excluding hydrogens is 230 g/mol. The Kier molecular flexibility index (Phi) is 2.30. The molecule has 0 amide bonds. The molecule has 0 atom stereocenters. The third kappa shape index (κ3) is 1.42. The SMILES string of the molecule is COc1cc2sc(C)[n+](C)c2c2ccccc12. The van der Waals surface area contributed by atoms with Crippen molar-refractivity contribution in [3.8, 4) is 5.75 Å². The van der Waals surface area contributed by atoms with Crippen molar-refractivity contribution in [3.63, 3.8) is 0 Å². The molecule has 0 fully saturated rings. The van der Waals surface area contributed by atoms with E-state index in [1.165, 1.54) is 26.0 Å². The summed E-state index contributed by atoms with van der Waals surface area (Å²) in [7, 11) is 3.85. The predicted molar refractivity (Wildman–Crippen MR) is 71.8 cm³/mol. The van der Waals surface area contributed by atoms with Crippen molar-refractivity contribution in [2.75, 3.05) is 7.11 Å². The summed E-state index contributed by atoms with van der Waals surface area (Å²) in [4.78, 5) is 0. The lowest BCUT2D eigenvalue weighted by Crippen LogP contribution is -2.28. The maximum atomic E-state index is 5.48. The Bertz CT molecular complexity index is 715. The fourth-order valence-electron chi connectivity index (χ4n) is 2.28. The smallest absolute Gasteiger partial charge is 0.234 e. The second kappa shape index (κ2) is 3.70. The molecule has 0 aliphatic rings. The zero-order chi connectivity index (χ0) is 12.0. The number of aryl methyl sites for hydroxylation is 2. The van der Waals surface area contributed by atoms with Crippen molar-refractivity contribution in [2.45, 2.75) is 6.92 Å². The Balaban J connectivity index is 2.60. The molecule has 3 heteroatoms. The van der Waals surface area contributed by atoms with Gasteiger partial charge in [-0.15, -0.1) is 0 Å². The Morgan fingerprint density at radius 1 is 1.18 bits per heavy atom. The standard InChI is InChI=1S/C14H14NOS/c1-9-15(2)14-11-7-5-4-6-10(11)12(16-3)8-13(14)17-9/h4-8H,1-3H3/q+1. The van der Waals surface area contributed by atoms with Gasteiger partial charge in [-0.1, -0.05) is 29.5 Å². The molecule has 86 valence electrons. The number of hydrogen-bond donors (Lipinski definition) is 0. The summed E-state index contributed by atoms with van der Waals surface area (Å²) in [5.74, 6) is 0.954. The Morgan fingerprint density at radius 3 is 2.59 bits per heavy atom. The molecule has 17 heavy (non-hydrogen) atoms. The van der Waals surface area contributed by atoms with E-state index in [9.17, 15) is 0 Å². The predicted octanol–water partition coefficient (Wildman–Crippen LogP) is 3.20. The van der Waals surface area contributed by atoms with Crippen molar-refractivity contribution >= 4 is 32.3 Å². The molecule has 3 aromatic rings. The Morgan fingerprint density at radius 2 is 1.88 bits per heavy atom. The second-order valence-electron chi connectivity index (χ2n) is 4.15. The average molecular weight is 244 g/mol. The van der Waals surface area contributed by atoms with E-state index in [0.717, 1.165) is 5.75 Å². The van der Waals surface area contributed by atoms with E-state index >= 15 is 0 Å². The van der Waals surface area contributed by atoms with Gasteiger partial charge >= 0.3 is 0 Å². The summed E-state index contributed by atoms with van der Waals surface area (Å²) in [5.41, 5.74) is 1.30. The van der Waals surface area contributed by atoms with Crippen molar-refractivity contribution in [3.05, 3.63) is 35.3 Å². The van der Waals surface area contributed by atoms with E-state index in [1.54, 1.807) is 18.4 Å². The van der Waals surface area contributed by atoms with Gasteiger partial charge in [0.1, 0.15) is 17.5 Å². The highest BCUT2D eigenvalue weighted by molar-refractivity contribution is 7.18. The number of hydrogen-bond acceptors (Lipinski definition) is 2. The van der Waals surface area contributed by atoms with Crippen molar-refractivity contribution in [2.24, 2.45) is 7.05 Å². The van der Waals surface area contributed by atoms with Gasteiger partial charge in [-0.3, -0.25) is 0 Å². The van der Waals surface area contributed by atoms with Crippen molar-refractivity contribution < 1.29 is 9.30 Å². The molecule has 2 nitrogen and oxygen atoms in total. The quantitative estimate of drug-likeness (QED) is 0.599. The molecule has 0 saturated heterocycles. The lowest BCUT2D eigenvalue weighted by atomic mass is 10.1. The molecule has 0 aliphatic carbocycles. The summed E-state index contributed by atoms with van der Waals surface area (Å²) in [6.07, 6.45) is 0. The number of benzene rings is 2. The summed E-state index contributed by atoms with van der Waals surface area (Å²) in [6.45, 7) is 2.14. The summed E-state index contributed by atoms with van der Waals surface area (Å²) in [5, 5.41) is 3.74. The topological polar surface area (TPSA) is 13.1 Å². The third-order valence-electron chi connectivity index (χ3n) is 3.23. The lowest BCUT2D eigenvalue weighted by molar-refractivity contribution is -0.645. The normalized spacial score (nSPS) is 11.2. The molecular formula is C14H14NOS+. The first kappa shape index (κ1) is 10.5. The number of thiazole rings is 1. The van der Waals surface area contributed by atoms with Crippen LogP contribution >= 0.6 is 11.3 Å². The zero-order valence-corrected chi connectivity index (χ0v) is 11.0. The van der Waals surface area contributed by atoms with E-state index in [4.69, 9.17) is 4.74 Å². The van der Waals surface area contributed by atoms with E-state index in [-0.39, 0.29) is 0 Å². The first-order chi connectivity index (χ1) is 8.22. The van der Waals surface area contributed by atoms with Gasteiger partial charge < -0.3 is 4.74 Å². The second-order valence-corrected chi connectivity index (χ2v) is 5.39. The Hall–Kier alpha value is -1.61. The first-order valence-corrected chi connectivity index (χ1v) is 6.39. The van der Waals surface area contributed by atoms with Gasteiger partial charge in [-0.2, -0.15) is 4.57 Å².